The molecule has 0 aliphatic heterocycles. The van der Waals surface area contributed by atoms with Crippen LogP contribution in [0.1, 0.15) is 12.5 Å². The number of benzene rings is 1. The second-order valence-corrected chi connectivity index (χ2v) is 4.75. The highest BCUT2D eigenvalue weighted by Gasteiger charge is 2.02. The molecular formula is C12H16ClN3O2S. The summed E-state index contributed by atoms with van der Waals surface area (Å²) in [6.07, 6.45) is 1.44. The smallest absolute Gasteiger partial charge is 0.187 e. The van der Waals surface area contributed by atoms with Crippen LogP contribution in [0.5, 0.6) is 5.75 Å². The van der Waals surface area contributed by atoms with Gasteiger partial charge in [-0.15, -0.1) is 0 Å². The molecule has 3 N–H and O–H groups in total. The van der Waals surface area contributed by atoms with Gasteiger partial charge >= 0.3 is 0 Å². The molecule has 1 rings (SSSR count). The number of rotatable bonds is 5. The molecule has 5 nitrogen and oxygen atoms in total. The molecule has 0 spiro atoms. The third-order valence-electron chi connectivity index (χ3n) is 2.15. The molecule has 0 aliphatic carbocycles. The third kappa shape index (κ3) is 5.87. The molecule has 104 valence electrons. The summed E-state index contributed by atoms with van der Waals surface area (Å²) in [6, 6.07) is 4.78. The SMILES string of the molecule is COC[C@@H](C)NC(=S)N/N=C/c1cc(Cl)ccc1O. The molecule has 0 aromatic heterocycles. The van der Waals surface area contributed by atoms with E-state index >= 15 is 0 Å². The van der Waals surface area contributed by atoms with E-state index in [2.05, 4.69) is 15.8 Å². The Morgan fingerprint density at radius 3 is 3.05 bits per heavy atom. The number of nitrogens with zero attached hydrogens (tertiary/aromatic N) is 1. The maximum Gasteiger partial charge on any atom is 0.187 e. The van der Waals surface area contributed by atoms with Crippen LogP contribution in [0.25, 0.3) is 0 Å². The lowest BCUT2D eigenvalue weighted by Crippen LogP contribution is -2.40. The van der Waals surface area contributed by atoms with Gasteiger partial charge in [0.05, 0.1) is 12.8 Å². The van der Waals surface area contributed by atoms with Crippen LogP contribution in [0.15, 0.2) is 23.3 Å². The van der Waals surface area contributed by atoms with Crippen molar-refractivity contribution in [3.63, 3.8) is 0 Å². The summed E-state index contributed by atoms with van der Waals surface area (Å²) >= 11 is 10.9. The van der Waals surface area contributed by atoms with E-state index in [0.717, 1.165) is 0 Å². The number of methoxy groups -OCH3 is 1. The van der Waals surface area contributed by atoms with Gasteiger partial charge in [-0.2, -0.15) is 5.10 Å². The number of nitrogens with one attached hydrogen (secondary N) is 2. The second kappa shape index (κ2) is 7.93. The lowest BCUT2D eigenvalue weighted by molar-refractivity contribution is 0.179. The van der Waals surface area contributed by atoms with Crippen molar-refractivity contribution in [3.8, 4) is 5.75 Å². The zero-order valence-electron chi connectivity index (χ0n) is 10.7. The molecule has 1 aromatic carbocycles. The highest BCUT2D eigenvalue weighted by atomic mass is 35.5. The van der Waals surface area contributed by atoms with Gasteiger partial charge in [-0.05, 0) is 37.3 Å². The summed E-state index contributed by atoms with van der Waals surface area (Å²) in [5, 5.41) is 17.4. The largest absolute Gasteiger partial charge is 0.507 e. The maximum atomic E-state index is 9.57. The van der Waals surface area contributed by atoms with Gasteiger partial charge < -0.3 is 15.2 Å². The Labute approximate surface area is 122 Å². The van der Waals surface area contributed by atoms with Crippen LogP contribution in [0.3, 0.4) is 0 Å². The van der Waals surface area contributed by atoms with Crippen LogP contribution >= 0.6 is 23.8 Å². The summed E-state index contributed by atoms with van der Waals surface area (Å²) in [4.78, 5) is 0. The molecule has 0 saturated heterocycles. The summed E-state index contributed by atoms with van der Waals surface area (Å²) in [5.74, 6) is 0.0987. The van der Waals surface area contributed by atoms with Gasteiger partial charge in [-0.1, -0.05) is 11.6 Å². The number of hydrogen-bond acceptors (Lipinski definition) is 4. The minimum absolute atomic E-state index is 0.0831. The number of hydrogen-bond donors (Lipinski definition) is 3. The van der Waals surface area contributed by atoms with Crippen LogP contribution in [-0.4, -0.2) is 36.2 Å². The van der Waals surface area contributed by atoms with Crippen molar-refractivity contribution >= 4 is 35.1 Å². The van der Waals surface area contributed by atoms with Gasteiger partial charge in [-0.3, -0.25) is 5.43 Å². The Bertz CT molecular complexity index is 468. The van der Waals surface area contributed by atoms with Gasteiger partial charge in [0.2, 0.25) is 0 Å². The number of thiocarbonyl (C=S) groups is 1. The summed E-state index contributed by atoms with van der Waals surface area (Å²) in [7, 11) is 1.62. The van der Waals surface area contributed by atoms with Gasteiger partial charge in [0, 0.05) is 23.7 Å². The molecule has 0 heterocycles. The summed E-state index contributed by atoms with van der Waals surface area (Å²) in [6.45, 7) is 2.48. The van der Waals surface area contributed by atoms with Crippen LogP contribution in [0, 0.1) is 0 Å². The average Bonchev–Trinajstić information content (AvgIpc) is 2.33. The fourth-order valence-electron chi connectivity index (χ4n) is 1.34. The molecule has 19 heavy (non-hydrogen) atoms. The van der Waals surface area contributed by atoms with E-state index in [4.69, 9.17) is 28.6 Å². The molecular weight excluding hydrogens is 286 g/mol. The summed E-state index contributed by atoms with van der Waals surface area (Å²) in [5.41, 5.74) is 3.15. The van der Waals surface area contributed by atoms with E-state index in [1.54, 1.807) is 19.2 Å². The van der Waals surface area contributed by atoms with Crippen LogP contribution < -0.4 is 10.7 Å². The average molecular weight is 302 g/mol. The van der Waals surface area contributed by atoms with Crippen LogP contribution in [0.4, 0.5) is 0 Å². The van der Waals surface area contributed by atoms with E-state index in [0.29, 0.717) is 22.3 Å². The van der Waals surface area contributed by atoms with Crippen molar-refractivity contribution in [2.45, 2.75) is 13.0 Å². The number of hydrazone groups is 1. The lowest BCUT2D eigenvalue weighted by Gasteiger charge is -2.13. The van der Waals surface area contributed by atoms with E-state index in [1.807, 2.05) is 6.92 Å². The Balaban J connectivity index is 2.49. The first-order valence-electron chi connectivity index (χ1n) is 5.60. The van der Waals surface area contributed by atoms with E-state index in [-0.39, 0.29) is 11.8 Å². The Kier molecular flexibility index (Phi) is 6.55. The molecule has 0 radical (unpaired) electrons. The zero-order chi connectivity index (χ0) is 14.3. The monoisotopic (exact) mass is 301 g/mol. The van der Waals surface area contributed by atoms with Crippen molar-refractivity contribution in [1.29, 1.82) is 0 Å². The van der Waals surface area contributed by atoms with Gasteiger partial charge in [-0.25, -0.2) is 0 Å². The predicted octanol–water partition coefficient (Wildman–Crippen LogP) is 1.88. The van der Waals surface area contributed by atoms with Gasteiger partial charge in [0.15, 0.2) is 5.11 Å². The van der Waals surface area contributed by atoms with Crippen molar-refractivity contribution in [3.05, 3.63) is 28.8 Å². The van der Waals surface area contributed by atoms with E-state index in [9.17, 15) is 5.11 Å². The maximum absolute atomic E-state index is 9.57. The zero-order valence-corrected chi connectivity index (χ0v) is 12.3. The highest BCUT2D eigenvalue weighted by Crippen LogP contribution is 2.19. The first-order chi connectivity index (χ1) is 9.02. The fraction of sp³-hybridized carbons (Fsp3) is 0.333. The van der Waals surface area contributed by atoms with Crippen LogP contribution in [-0.2, 0) is 4.74 Å². The van der Waals surface area contributed by atoms with Crippen molar-refractivity contribution in [1.82, 2.24) is 10.7 Å². The number of phenols is 1. The Hall–Kier alpha value is -1.37. The topological polar surface area (TPSA) is 65.9 Å². The predicted molar refractivity (Wildman–Crippen MR) is 80.9 cm³/mol. The third-order valence-corrected chi connectivity index (χ3v) is 2.60. The lowest BCUT2D eigenvalue weighted by atomic mass is 10.2. The number of halogens is 1. The van der Waals surface area contributed by atoms with Gasteiger partial charge in [0.25, 0.3) is 0 Å². The molecule has 0 unspecified atom stereocenters. The first-order valence-corrected chi connectivity index (χ1v) is 6.38. The molecule has 1 atom stereocenters. The van der Waals surface area contributed by atoms with E-state index in [1.165, 1.54) is 12.3 Å². The molecule has 0 saturated carbocycles. The first kappa shape index (κ1) is 15.7. The minimum Gasteiger partial charge on any atom is -0.507 e. The van der Waals surface area contributed by atoms with Crippen molar-refractivity contribution in [2.75, 3.05) is 13.7 Å². The molecule has 0 bridgehead atoms. The summed E-state index contributed by atoms with van der Waals surface area (Å²) < 4.78 is 4.97. The molecule has 7 heteroatoms. The van der Waals surface area contributed by atoms with Crippen molar-refractivity contribution in [2.24, 2.45) is 5.10 Å². The number of phenolic OH excluding ortho intramolecular Hbond substituents is 1. The number of aromatic hydroxyl groups is 1. The fourth-order valence-corrected chi connectivity index (χ4v) is 1.77. The number of ether oxygens (including phenoxy) is 1. The van der Waals surface area contributed by atoms with E-state index < -0.39 is 0 Å². The van der Waals surface area contributed by atoms with Crippen molar-refractivity contribution < 1.29 is 9.84 Å². The minimum atomic E-state index is 0.0831. The standard InChI is InChI=1S/C12H16ClN3O2S/c1-8(7-18-2)15-12(19)16-14-6-9-5-10(13)3-4-11(9)17/h3-6,8,17H,7H2,1-2H3,(H2,15,16,19)/b14-6+/t8-/m1/s1. The van der Waals surface area contributed by atoms with Crippen LogP contribution in [0.2, 0.25) is 5.02 Å². The Morgan fingerprint density at radius 1 is 1.63 bits per heavy atom. The molecule has 1 aromatic rings. The molecule has 0 amide bonds. The van der Waals surface area contributed by atoms with Gasteiger partial charge in [0.1, 0.15) is 5.75 Å². The second-order valence-electron chi connectivity index (χ2n) is 3.90. The quantitative estimate of drug-likeness (QED) is 0.440. The highest BCUT2D eigenvalue weighted by molar-refractivity contribution is 7.80. The molecule has 0 aliphatic rings. The normalized spacial score (nSPS) is 12.4. The Morgan fingerprint density at radius 2 is 2.37 bits per heavy atom. The molecule has 0 fully saturated rings.